The topological polar surface area (TPSA) is 68.8 Å². The fourth-order valence-corrected chi connectivity index (χ4v) is 2.91. The van der Waals surface area contributed by atoms with Crippen molar-refractivity contribution in [1.29, 1.82) is 0 Å². The average molecular weight is 376 g/mol. The highest BCUT2D eigenvalue weighted by Gasteiger charge is 2.07. The summed E-state index contributed by atoms with van der Waals surface area (Å²) < 4.78 is 0. The van der Waals surface area contributed by atoms with Crippen LogP contribution >= 0.6 is 0 Å². The van der Waals surface area contributed by atoms with E-state index in [9.17, 15) is 4.79 Å². The van der Waals surface area contributed by atoms with Gasteiger partial charge in [0, 0.05) is 31.7 Å². The fourth-order valence-electron chi connectivity index (χ4n) is 2.91. The smallest absolute Gasteiger partial charge is 0.251 e. The Balaban J connectivity index is 2.24. The Morgan fingerprint density at radius 2 is 1.89 bits per heavy atom. The zero-order valence-electron chi connectivity index (χ0n) is 17.6. The number of aliphatic imine (C=N–C) groups is 1. The van der Waals surface area contributed by atoms with E-state index in [1.165, 1.54) is 6.42 Å². The van der Waals surface area contributed by atoms with Gasteiger partial charge in [0.1, 0.15) is 0 Å². The van der Waals surface area contributed by atoms with Crippen molar-refractivity contribution in [2.24, 2.45) is 4.99 Å². The van der Waals surface area contributed by atoms with Gasteiger partial charge in [-0.25, -0.2) is 0 Å². The number of aryl methyl sites for hydroxylation is 1. The zero-order chi connectivity index (χ0) is 20.1. The minimum atomic E-state index is -0.0479. The summed E-state index contributed by atoms with van der Waals surface area (Å²) in [7, 11) is 1.77. The third kappa shape index (κ3) is 9.43. The lowest BCUT2D eigenvalue weighted by Gasteiger charge is -2.21. The summed E-state index contributed by atoms with van der Waals surface area (Å²) in [5.74, 6) is 0.725. The van der Waals surface area contributed by atoms with Crippen molar-refractivity contribution in [2.45, 2.75) is 46.6 Å². The van der Waals surface area contributed by atoms with Gasteiger partial charge in [-0.1, -0.05) is 31.5 Å². The van der Waals surface area contributed by atoms with Crippen LogP contribution in [0.15, 0.2) is 29.3 Å². The Hall–Kier alpha value is -2.08. The molecule has 0 heterocycles. The molecule has 0 spiro atoms. The lowest BCUT2D eigenvalue weighted by molar-refractivity contribution is 0.0954. The predicted molar refractivity (Wildman–Crippen MR) is 114 cm³/mol. The molecule has 0 saturated carbocycles. The molecule has 1 atom stereocenters. The number of carbonyl (C=O) groups is 1. The summed E-state index contributed by atoms with van der Waals surface area (Å²) in [4.78, 5) is 18.8. The van der Waals surface area contributed by atoms with Crippen LogP contribution in [0.4, 0.5) is 0 Å². The highest BCUT2D eigenvalue weighted by Crippen LogP contribution is 2.03. The summed E-state index contributed by atoms with van der Waals surface area (Å²) in [6.45, 7) is 13.1. The van der Waals surface area contributed by atoms with Gasteiger partial charge in [0.25, 0.3) is 5.91 Å². The van der Waals surface area contributed by atoms with Crippen LogP contribution in [-0.4, -0.2) is 62.6 Å². The van der Waals surface area contributed by atoms with Crippen LogP contribution in [0.5, 0.6) is 0 Å². The van der Waals surface area contributed by atoms with Crippen molar-refractivity contribution in [3.63, 3.8) is 0 Å². The molecule has 6 heteroatoms. The first-order chi connectivity index (χ1) is 13.0. The van der Waals surface area contributed by atoms with Crippen LogP contribution in [-0.2, 0) is 0 Å². The summed E-state index contributed by atoms with van der Waals surface area (Å²) in [6, 6.07) is 7.96. The molecular weight excluding hydrogens is 338 g/mol. The Morgan fingerprint density at radius 1 is 1.19 bits per heavy atom. The van der Waals surface area contributed by atoms with Crippen LogP contribution in [0.3, 0.4) is 0 Å². The van der Waals surface area contributed by atoms with Gasteiger partial charge in [-0.2, -0.15) is 0 Å². The molecule has 1 aromatic rings. The molecule has 152 valence electrons. The maximum atomic E-state index is 12.1. The number of amides is 1. The van der Waals surface area contributed by atoms with Gasteiger partial charge in [-0.15, -0.1) is 0 Å². The fraction of sp³-hybridized carbons (Fsp3) is 0.619. The highest BCUT2D eigenvalue weighted by molar-refractivity contribution is 5.94. The minimum Gasteiger partial charge on any atom is -0.355 e. The molecule has 1 aromatic carbocycles. The Labute approximate surface area is 164 Å². The first-order valence-electron chi connectivity index (χ1n) is 10.0. The van der Waals surface area contributed by atoms with E-state index in [1.54, 1.807) is 7.05 Å². The van der Waals surface area contributed by atoms with E-state index < -0.39 is 0 Å². The SMILES string of the molecule is CCN(CC)CCCC(C)NC(=NC)NCCNC(=O)c1cccc(C)c1. The Kier molecular flexibility index (Phi) is 11.2. The second kappa shape index (κ2) is 13.1. The van der Waals surface area contributed by atoms with Gasteiger partial charge in [0.05, 0.1) is 0 Å². The first kappa shape index (κ1) is 23.0. The third-order valence-electron chi connectivity index (χ3n) is 4.60. The molecule has 0 aliphatic carbocycles. The highest BCUT2D eigenvalue weighted by atomic mass is 16.1. The third-order valence-corrected chi connectivity index (χ3v) is 4.60. The van der Waals surface area contributed by atoms with E-state index >= 15 is 0 Å². The number of nitrogens with one attached hydrogen (secondary N) is 3. The van der Waals surface area contributed by atoms with Gasteiger partial charge in [0.15, 0.2) is 5.96 Å². The van der Waals surface area contributed by atoms with Crippen LogP contribution in [0, 0.1) is 6.92 Å². The molecule has 6 nitrogen and oxygen atoms in total. The van der Waals surface area contributed by atoms with E-state index in [0.29, 0.717) is 24.7 Å². The normalized spacial score (nSPS) is 12.7. The van der Waals surface area contributed by atoms with Crippen LogP contribution in [0.1, 0.15) is 49.5 Å². The number of rotatable bonds is 11. The summed E-state index contributed by atoms with van der Waals surface area (Å²) in [5, 5.41) is 9.59. The van der Waals surface area contributed by atoms with Crippen molar-refractivity contribution in [3.05, 3.63) is 35.4 Å². The first-order valence-corrected chi connectivity index (χ1v) is 10.0. The van der Waals surface area contributed by atoms with Gasteiger partial charge in [-0.05, 0) is 58.5 Å². The number of hydrogen-bond acceptors (Lipinski definition) is 3. The van der Waals surface area contributed by atoms with Gasteiger partial charge >= 0.3 is 0 Å². The van der Waals surface area contributed by atoms with Crippen molar-refractivity contribution in [3.8, 4) is 0 Å². The van der Waals surface area contributed by atoms with Crippen LogP contribution in [0.2, 0.25) is 0 Å². The molecule has 0 fully saturated rings. The van der Waals surface area contributed by atoms with Gasteiger partial charge in [0.2, 0.25) is 0 Å². The second-order valence-corrected chi connectivity index (χ2v) is 6.84. The molecule has 1 rings (SSSR count). The number of benzene rings is 1. The predicted octanol–water partition coefficient (Wildman–Crippen LogP) is 2.40. The van der Waals surface area contributed by atoms with Crippen molar-refractivity contribution < 1.29 is 4.79 Å². The molecule has 27 heavy (non-hydrogen) atoms. The Morgan fingerprint density at radius 3 is 2.52 bits per heavy atom. The van der Waals surface area contributed by atoms with Crippen molar-refractivity contribution in [2.75, 3.05) is 39.8 Å². The van der Waals surface area contributed by atoms with E-state index in [0.717, 1.165) is 37.6 Å². The van der Waals surface area contributed by atoms with Crippen molar-refractivity contribution in [1.82, 2.24) is 20.9 Å². The van der Waals surface area contributed by atoms with E-state index in [1.807, 2.05) is 31.2 Å². The Bertz CT molecular complexity index is 584. The van der Waals surface area contributed by atoms with Gasteiger partial charge < -0.3 is 20.9 Å². The molecule has 3 N–H and O–H groups in total. The molecule has 1 unspecified atom stereocenters. The lowest BCUT2D eigenvalue weighted by atomic mass is 10.1. The molecule has 0 aliphatic heterocycles. The summed E-state index contributed by atoms with van der Waals surface area (Å²) >= 11 is 0. The number of guanidine groups is 1. The van der Waals surface area contributed by atoms with E-state index in [4.69, 9.17) is 0 Å². The maximum Gasteiger partial charge on any atom is 0.251 e. The lowest BCUT2D eigenvalue weighted by Crippen LogP contribution is -2.45. The zero-order valence-corrected chi connectivity index (χ0v) is 17.6. The van der Waals surface area contributed by atoms with Crippen molar-refractivity contribution >= 4 is 11.9 Å². The van der Waals surface area contributed by atoms with Gasteiger partial charge in [-0.3, -0.25) is 9.79 Å². The molecule has 0 saturated heterocycles. The second-order valence-electron chi connectivity index (χ2n) is 6.84. The summed E-state index contributed by atoms with van der Waals surface area (Å²) in [6.07, 6.45) is 2.26. The maximum absolute atomic E-state index is 12.1. The number of carbonyl (C=O) groups excluding carboxylic acids is 1. The molecule has 0 aliphatic rings. The molecule has 0 radical (unpaired) electrons. The standard InChI is InChI=1S/C21H37N5O/c1-6-26(7-2)15-9-11-18(4)25-21(22-5)24-14-13-23-20(27)19-12-8-10-17(3)16-19/h8,10,12,16,18H,6-7,9,11,13-15H2,1-5H3,(H,23,27)(H2,22,24,25). The monoisotopic (exact) mass is 375 g/mol. The number of nitrogens with zero attached hydrogens (tertiary/aromatic N) is 2. The summed E-state index contributed by atoms with van der Waals surface area (Å²) in [5.41, 5.74) is 1.78. The molecule has 0 bridgehead atoms. The number of hydrogen-bond donors (Lipinski definition) is 3. The molecule has 0 aromatic heterocycles. The largest absolute Gasteiger partial charge is 0.355 e. The minimum absolute atomic E-state index is 0.0479. The molecule has 1 amide bonds. The van der Waals surface area contributed by atoms with E-state index in [-0.39, 0.29) is 5.91 Å². The molecular formula is C21H37N5O. The average Bonchev–Trinajstić information content (AvgIpc) is 2.67. The van der Waals surface area contributed by atoms with Crippen LogP contribution in [0.25, 0.3) is 0 Å². The van der Waals surface area contributed by atoms with E-state index in [2.05, 4.69) is 46.6 Å². The van der Waals surface area contributed by atoms with Crippen LogP contribution < -0.4 is 16.0 Å². The quantitative estimate of drug-likeness (QED) is 0.316.